The van der Waals surface area contributed by atoms with E-state index in [1.165, 1.54) is 12.8 Å². The van der Waals surface area contributed by atoms with E-state index in [0.29, 0.717) is 31.7 Å². The largest absolute Gasteiger partial charge is 0.381 e. The van der Waals surface area contributed by atoms with Gasteiger partial charge in [-0.25, -0.2) is 0 Å². The Morgan fingerprint density at radius 3 is 2.88 bits per heavy atom. The highest BCUT2D eigenvalue weighted by atomic mass is 16.7. The molecule has 1 saturated carbocycles. The van der Waals surface area contributed by atoms with Crippen molar-refractivity contribution in [1.82, 2.24) is 20.2 Å². The Balaban J connectivity index is 1.36. The number of methoxy groups -OCH3 is 1. The zero-order chi connectivity index (χ0) is 18.1. The van der Waals surface area contributed by atoms with Crippen LogP contribution < -0.4 is 5.48 Å². The maximum atomic E-state index is 13.0. The predicted molar refractivity (Wildman–Crippen MR) is 93.4 cm³/mol. The van der Waals surface area contributed by atoms with Gasteiger partial charge >= 0.3 is 0 Å². The van der Waals surface area contributed by atoms with Crippen LogP contribution in [0.3, 0.4) is 0 Å². The summed E-state index contributed by atoms with van der Waals surface area (Å²) in [7, 11) is 1.79. The molecule has 1 N–H and O–H groups in total. The maximum Gasteiger partial charge on any atom is 0.243 e. The molecule has 26 heavy (non-hydrogen) atoms. The lowest BCUT2D eigenvalue weighted by molar-refractivity contribution is -0.161. The minimum atomic E-state index is -0.215. The van der Waals surface area contributed by atoms with Gasteiger partial charge in [0.1, 0.15) is 6.04 Å². The van der Waals surface area contributed by atoms with Gasteiger partial charge in [0.25, 0.3) is 0 Å². The fourth-order valence-electron chi connectivity index (χ4n) is 4.96. The van der Waals surface area contributed by atoms with Crippen molar-refractivity contribution in [3.63, 3.8) is 0 Å². The van der Waals surface area contributed by atoms with E-state index in [1.54, 1.807) is 12.0 Å². The van der Waals surface area contributed by atoms with Crippen molar-refractivity contribution in [3.05, 3.63) is 0 Å². The van der Waals surface area contributed by atoms with E-state index in [1.807, 2.05) is 4.90 Å². The molecule has 3 saturated heterocycles. The summed E-state index contributed by atoms with van der Waals surface area (Å²) in [5, 5.41) is 9.15. The third-order valence-electron chi connectivity index (χ3n) is 6.56. The lowest BCUT2D eigenvalue weighted by Gasteiger charge is -2.46. The molecule has 0 aromatic carbocycles. The van der Waals surface area contributed by atoms with E-state index >= 15 is 0 Å². The van der Waals surface area contributed by atoms with Crippen LogP contribution in [-0.2, 0) is 14.4 Å². The van der Waals surface area contributed by atoms with Crippen LogP contribution in [0.5, 0.6) is 0 Å². The van der Waals surface area contributed by atoms with E-state index in [-0.39, 0.29) is 24.2 Å². The van der Waals surface area contributed by atoms with Crippen LogP contribution in [0.4, 0.5) is 0 Å². The molecule has 1 aliphatic carbocycles. The molecule has 4 fully saturated rings. The number of fused-ring (bicyclic) bond motifs is 1. The summed E-state index contributed by atoms with van der Waals surface area (Å²) in [5.74, 6) is 0.640. The van der Waals surface area contributed by atoms with Crippen molar-refractivity contribution in [2.75, 3.05) is 39.8 Å². The first-order chi connectivity index (χ1) is 12.7. The molecule has 1 amide bonds. The van der Waals surface area contributed by atoms with Crippen LogP contribution in [0.2, 0.25) is 0 Å². The quantitative estimate of drug-likeness (QED) is 0.714. The number of nitriles is 1. The number of carbonyl (C=O) groups excluding carboxylic acids is 1. The van der Waals surface area contributed by atoms with Gasteiger partial charge in [0.05, 0.1) is 12.6 Å². The van der Waals surface area contributed by atoms with Gasteiger partial charge in [0, 0.05) is 45.8 Å². The number of rotatable bonds is 3. The molecule has 8 heteroatoms. The van der Waals surface area contributed by atoms with Gasteiger partial charge in [-0.2, -0.15) is 10.7 Å². The van der Waals surface area contributed by atoms with E-state index in [9.17, 15) is 4.79 Å². The molecule has 0 spiro atoms. The standard InChI is InChI=1S/C18H29N5O3/c1-25-14-4-2-3-13(9-14)15-10-17(26-20-15)23-8-7-22-6-5-21(12-19)11-16(22)18(23)24/h13-17,20H,2-11H2,1H3/t13?,14?,15?,16-,17?/m1/s1. The Bertz CT molecular complexity index is 568. The van der Waals surface area contributed by atoms with E-state index in [4.69, 9.17) is 14.8 Å². The van der Waals surface area contributed by atoms with Crippen LogP contribution in [-0.4, -0.2) is 84.9 Å². The summed E-state index contributed by atoms with van der Waals surface area (Å²) < 4.78 is 5.55. The molecule has 0 aromatic heterocycles. The molecule has 0 aromatic rings. The molecule has 4 rings (SSSR count). The second kappa shape index (κ2) is 7.69. The molecule has 8 nitrogen and oxygen atoms in total. The number of ether oxygens (including phenoxy) is 1. The topological polar surface area (TPSA) is 81.1 Å². The van der Waals surface area contributed by atoms with E-state index in [2.05, 4.69) is 16.6 Å². The third kappa shape index (κ3) is 3.41. The molecule has 4 unspecified atom stereocenters. The Morgan fingerprint density at radius 1 is 1.23 bits per heavy atom. The van der Waals surface area contributed by atoms with Crippen LogP contribution in [0, 0.1) is 17.4 Å². The summed E-state index contributed by atoms with van der Waals surface area (Å²) in [6, 6.07) is 0.0677. The fraction of sp³-hybridized carbons (Fsp3) is 0.889. The molecule has 5 atom stereocenters. The minimum absolute atomic E-state index is 0.0991. The molecule has 0 radical (unpaired) electrons. The van der Waals surface area contributed by atoms with Crippen molar-refractivity contribution in [3.8, 4) is 6.19 Å². The summed E-state index contributed by atoms with van der Waals surface area (Å²) in [4.78, 5) is 24.6. The monoisotopic (exact) mass is 363 g/mol. The number of hydrogen-bond donors (Lipinski definition) is 1. The van der Waals surface area contributed by atoms with Crippen LogP contribution in [0.25, 0.3) is 0 Å². The zero-order valence-electron chi connectivity index (χ0n) is 15.5. The van der Waals surface area contributed by atoms with Crippen molar-refractivity contribution >= 4 is 5.91 Å². The van der Waals surface area contributed by atoms with E-state index in [0.717, 1.165) is 32.4 Å². The fourth-order valence-corrected chi connectivity index (χ4v) is 4.96. The smallest absolute Gasteiger partial charge is 0.243 e. The van der Waals surface area contributed by atoms with Gasteiger partial charge in [-0.3, -0.25) is 14.5 Å². The summed E-state index contributed by atoms with van der Waals surface area (Å²) in [6.45, 7) is 3.55. The minimum Gasteiger partial charge on any atom is -0.381 e. The average molecular weight is 363 g/mol. The molecule has 3 aliphatic heterocycles. The second-order valence-corrected chi connectivity index (χ2v) is 7.95. The summed E-state index contributed by atoms with van der Waals surface area (Å²) >= 11 is 0. The van der Waals surface area contributed by atoms with Gasteiger partial charge in [-0.05, 0) is 25.2 Å². The number of carbonyl (C=O) groups is 1. The highest BCUT2D eigenvalue weighted by Crippen LogP contribution is 2.33. The van der Waals surface area contributed by atoms with Crippen LogP contribution in [0.15, 0.2) is 0 Å². The zero-order valence-corrected chi connectivity index (χ0v) is 15.5. The first-order valence-electron chi connectivity index (χ1n) is 9.82. The van der Waals surface area contributed by atoms with Crippen LogP contribution >= 0.6 is 0 Å². The number of amides is 1. The Kier molecular flexibility index (Phi) is 5.32. The summed E-state index contributed by atoms with van der Waals surface area (Å²) in [5.41, 5.74) is 3.21. The third-order valence-corrected chi connectivity index (χ3v) is 6.56. The predicted octanol–water partition coefficient (Wildman–Crippen LogP) is 0.121. The molecule has 144 valence electrons. The van der Waals surface area contributed by atoms with Crippen molar-refractivity contribution in [2.24, 2.45) is 5.92 Å². The molecule has 0 bridgehead atoms. The highest BCUT2D eigenvalue weighted by molar-refractivity contribution is 5.83. The van der Waals surface area contributed by atoms with Crippen molar-refractivity contribution in [1.29, 1.82) is 5.26 Å². The molecule has 3 heterocycles. The SMILES string of the molecule is COC1CCCC(C2CC(N3CCN4CCN(C#N)C[C@@H]4C3=O)ON2)C1. The number of nitrogens with zero attached hydrogens (tertiary/aromatic N) is 4. The van der Waals surface area contributed by atoms with Gasteiger partial charge < -0.3 is 14.5 Å². The second-order valence-electron chi connectivity index (χ2n) is 7.95. The lowest BCUT2D eigenvalue weighted by atomic mass is 9.81. The number of hydroxylamine groups is 1. The maximum absolute atomic E-state index is 13.0. The van der Waals surface area contributed by atoms with Gasteiger partial charge in [-0.15, -0.1) is 0 Å². The molecular weight excluding hydrogens is 334 g/mol. The lowest BCUT2D eigenvalue weighted by Crippen LogP contribution is -2.65. The van der Waals surface area contributed by atoms with Crippen LogP contribution in [0.1, 0.15) is 32.1 Å². The molecule has 4 aliphatic rings. The average Bonchev–Trinajstić information content (AvgIpc) is 3.18. The first kappa shape index (κ1) is 18.0. The van der Waals surface area contributed by atoms with Gasteiger partial charge in [0.15, 0.2) is 12.4 Å². The Labute approximate surface area is 154 Å². The molecular formula is C18H29N5O3. The normalized spacial score (nSPS) is 38.9. The van der Waals surface area contributed by atoms with E-state index < -0.39 is 0 Å². The Hall–Kier alpha value is -1.40. The Morgan fingerprint density at radius 2 is 2.08 bits per heavy atom. The highest BCUT2D eigenvalue weighted by Gasteiger charge is 2.44. The number of hydrogen-bond acceptors (Lipinski definition) is 7. The van der Waals surface area contributed by atoms with Crippen molar-refractivity contribution in [2.45, 2.75) is 56.5 Å². The number of nitrogens with one attached hydrogen (secondary N) is 1. The number of piperazine rings is 2. The first-order valence-corrected chi connectivity index (χ1v) is 9.82. The van der Waals surface area contributed by atoms with Crippen molar-refractivity contribution < 1.29 is 14.4 Å². The van der Waals surface area contributed by atoms with Gasteiger partial charge in [0.2, 0.25) is 5.91 Å². The summed E-state index contributed by atoms with van der Waals surface area (Å²) in [6.07, 6.45) is 7.75. The van der Waals surface area contributed by atoms with Gasteiger partial charge in [-0.1, -0.05) is 6.42 Å².